The van der Waals surface area contributed by atoms with E-state index in [9.17, 15) is 4.79 Å². The normalized spacial score (nSPS) is 15.9. The molecule has 2 amide bonds. The van der Waals surface area contributed by atoms with E-state index in [-0.39, 0.29) is 6.03 Å². The number of nitrogens with zero attached hydrogens (tertiary/aromatic N) is 5. The minimum atomic E-state index is -0.159. The van der Waals surface area contributed by atoms with Gasteiger partial charge in [0.25, 0.3) is 0 Å². The van der Waals surface area contributed by atoms with E-state index in [0.29, 0.717) is 36.2 Å². The van der Waals surface area contributed by atoms with Crippen LogP contribution in [0.15, 0.2) is 18.6 Å². The fourth-order valence-corrected chi connectivity index (χ4v) is 4.46. The summed E-state index contributed by atoms with van der Waals surface area (Å²) < 4.78 is 13.6. The molecule has 160 valence electrons. The molecule has 0 saturated carbocycles. The van der Waals surface area contributed by atoms with E-state index in [2.05, 4.69) is 20.4 Å². The molecule has 3 aromatic heterocycles. The smallest absolute Gasteiger partial charge is 0.323 e. The number of hydrogen-bond acceptors (Lipinski definition) is 7. The molecule has 10 heteroatoms. The maximum absolute atomic E-state index is 12.9. The number of anilines is 1. The van der Waals surface area contributed by atoms with E-state index in [4.69, 9.17) is 9.47 Å². The van der Waals surface area contributed by atoms with E-state index in [1.165, 1.54) is 11.3 Å². The number of hydrogen-bond donors (Lipinski definition) is 1. The molecule has 9 nitrogen and oxygen atoms in total. The molecule has 0 radical (unpaired) electrons. The van der Waals surface area contributed by atoms with Crippen LogP contribution in [0.2, 0.25) is 0 Å². The number of aromatic nitrogens is 4. The molecule has 3 aromatic rings. The Bertz CT molecular complexity index is 1010. The van der Waals surface area contributed by atoms with Gasteiger partial charge < -0.3 is 14.4 Å². The number of carbonyl (C=O) groups excluding carboxylic acids is 1. The minimum Gasteiger partial charge on any atom is -0.479 e. The van der Waals surface area contributed by atoms with Crippen molar-refractivity contribution < 1.29 is 14.3 Å². The molecule has 30 heavy (non-hydrogen) atoms. The second-order valence-electron chi connectivity index (χ2n) is 7.22. The molecular weight excluding hydrogens is 404 g/mol. The van der Waals surface area contributed by atoms with Crippen LogP contribution in [0.25, 0.3) is 21.3 Å². The molecule has 1 aliphatic rings. The number of pyridine rings is 1. The molecule has 0 spiro atoms. The molecule has 0 unspecified atom stereocenters. The van der Waals surface area contributed by atoms with Crippen LogP contribution in [-0.4, -0.2) is 64.1 Å². The van der Waals surface area contributed by atoms with Crippen LogP contribution in [-0.2, 0) is 11.8 Å². The highest BCUT2D eigenvalue weighted by molar-refractivity contribution is 7.23. The van der Waals surface area contributed by atoms with Crippen molar-refractivity contribution in [2.75, 3.05) is 38.7 Å². The Morgan fingerprint density at radius 2 is 2.07 bits per heavy atom. The number of urea groups is 1. The van der Waals surface area contributed by atoms with Crippen LogP contribution < -0.4 is 10.1 Å². The van der Waals surface area contributed by atoms with Crippen molar-refractivity contribution in [1.29, 1.82) is 0 Å². The third kappa shape index (κ3) is 4.54. The fraction of sp³-hybridized carbons (Fsp3) is 0.500. The Morgan fingerprint density at radius 1 is 1.20 bits per heavy atom. The van der Waals surface area contributed by atoms with Gasteiger partial charge in [-0.1, -0.05) is 24.2 Å². The van der Waals surface area contributed by atoms with Gasteiger partial charge in [-0.05, 0) is 12.8 Å². The Morgan fingerprint density at radius 3 is 2.87 bits per heavy atom. The molecule has 1 aliphatic heterocycles. The SMILES string of the molecule is COc1ncc(-c2cnn(C)c2)c2sc(NC(=O)N3CCCCCCOCC3)nc12. The summed E-state index contributed by atoms with van der Waals surface area (Å²) in [5.74, 6) is 0.432. The van der Waals surface area contributed by atoms with Crippen LogP contribution in [0, 0.1) is 0 Å². The predicted octanol–water partition coefficient (Wildman–Crippen LogP) is 3.52. The second-order valence-corrected chi connectivity index (χ2v) is 8.22. The number of amides is 2. The summed E-state index contributed by atoms with van der Waals surface area (Å²) in [6.45, 7) is 2.60. The van der Waals surface area contributed by atoms with E-state index in [1.54, 1.807) is 29.1 Å². The van der Waals surface area contributed by atoms with Gasteiger partial charge >= 0.3 is 6.03 Å². The Kier molecular flexibility index (Phi) is 6.44. The molecule has 1 saturated heterocycles. The van der Waals surface area contributed by atoms with Crippen LogP contribution in [0.3, 0.4) is 0 Å². The molecule has 0 aliphatic carbocycles. The number of carbonyl (C=O) groups is 1. The summed E-state index contributed by atoms with van der Waals surface area (Å²) in [5, 5.41) is 7.72. The Hall–Kier alpha value is -2.72. The summed E-state index contributed by atoms with van der Waals surface area (Å²) in [4.78, 5) is 23.7. The summed E-state index contributed by atoms with van der Waals surface area (Å²) in [5.41, 5.74) is 2.47. The highest BCUT2D eigenvalue weighted by atomic mass is 32.1. The van der Waals surface area contributed by atoms with Gasteiger partial charge in [0.05, 0.1) is 24.6 Å². The third-order valence-corrected chi connectivity index (χ3v) is 6.07. The van der Waals surface area contributed by atoms with Gasteiger partial charge in [-0.15, -0.1) is 0 Å². The highest BCUT2D eigenvalue weighted by Crippen LogP contribution is 2.38. The van der Waals surface area contributed by atoms with Crippen molar-refractivity contribution in [1.82, 2.24) is 24.6 Å². The first-order valence-corrected chi connectivity index (χ1v) is 10.9. The van der Waals surface area contributed by atoms with Gasteiger partial charge in [0.1, 0.15) is 5.52 Å². The van der Waals surface area contributed by atoms with Gasteiger partial charge in [-0.25, -0.2) is 14.8 Å². The zero-order valence-electron chi connectivity index (χ0n) is 17.3. The van der Waals surface area contributed by atoms with Crippen LogP contribution in [0.4, 0.5) is 9.93 Å². The number of ether oxygens (including phenoxy) is 2. The molecule has 1 fully saturated rings. The largest absolute Gasteiger partial charge is 0.479 e. The molecule has 4 rings (SSSR count). The second kappa shape index (κ2) is 9.40. The maximum Gasteiger partial charge on any atom is 0.323 e. The highest BCUT2D eigenvalue weighted by Gasteiger charge is 2.20. The Balaban J connectivity index is 1.58. The minimum absolute atomic E-state index is 0.159. The standard InChI is InChI=1S/C20H26N6O3S/c1-25-13-14(11-22-25)15-12-21-18(28-2)16-17(15)30-19(23-16)24-20(27)26-7-5-3-4-6-9-29-10-8-26/h11-13H,3-10H2,1-2H3,(H,23,24,27). The first kappa shape index (κ1) is 20.5. The number of thiazole rings is 1. The molecule has 0 aromatic carbocycles. The van der Waals surface area contributed by atoms with Gasteiger partial charge in [0.2, 0.25) is 5.88 Å². The van der Waals surface area contributed by atoms with Gasteiger partial charge in [-0.3, -0.25) is 10.00 Å². The van der Waals surface area contributed by atoms with Gasteiger partial charge in [0.15, 0.2) is 5.13 Å². The molecule has 4 heterocycles. The number of methoxy groups -OCH3 is 1. The Labute approximate surface area is 179 Å². The zero-order chi connectivity index (χ0) is 20.9. The zero-order valence-corrected chi connectivity index (χ0v) is 18.1. The van der Waals surface area contributed by atoms with E-state index in [0.717, 1.165) is 48.1 Å². The van der Waals surface area contributed by atoms with Gasteiger partial charge in [0, 0.05) is 50.3 Å². The number of nitrogens with one attached hydrogen (secondary N) is 1. The van der Waals surface area contributed by atoms with Crippen LogP contribution in [0.5, 0.6) is 5.88 Å². The number of rotatable bonds is 3. The van der Waals surface area contributed by atoms with Crippen molar-refractivity contribution in [2.24, 2.45) is 7.05 Å². The molecule has 0 bridgehead atoms. The summed E-state index contributed by atoms with van der Waals surface area (Å²) in [7, 11) is 3.43. The van der Waals surface area contributed by atoms with E-state index in [1.807, 2.05) is 13.2 Å². The lowest BCUT2D eigenvalue weighted by Gasteiger charge is -2.23. The predicted molar refractivity (Wildman–Crippen MR) is 116 cm³/mol. The van der Waals surface area contributed by atoms with E-state index < -0.39 is 0 Å². The molecule has 0 atom stereocenters. The number of aryl methyl sites for hydroxylation is 1. The average molecular weight is 431 g/mol. The first-order valence-electron chi connectivity index (χ1n) is 10.1. The quantitative estimate of drug-likeness (QED) is 0.683. The lowest BCUT2D eigenvalue weighted by atomic mass is 10.1. The van der Waals surface area contributed by atoms with Crippen molar-refractivity contribution in [3.8, 4) is 17.0 Å². The lowest BCUT2D eigenvalue weighted by Crippen LogP contribution is -2.38. The fourth-order valence-electron chi connectivity index (χ4n) is 3.48. The first-order chi connectivity index (χ1) is 14.7. The van der Waals surface area contributed by atoms with E-state index >= 15 is 0 Å². The molecule has 1 N–H and O–H groups in total. The van der Waals surface area contributed by atoms with Gasteiger partial charge in [-0.2, -0.15) is 5.10 Å². The average Bonchev–Trinajstić information content (AvgIpc) is 3.37. The van der Waals surface area contributed by atoms with Crippen molar-refractivity contribution in [2.45, 2.75) is 25.7 Å². The van der Waals surface area contributed by atoms with Crippen LogP contribution >= 0.6 is 11.3 Å². The maximum atomic E-state index is 12.9. The topological polar surface area (TPSA) is 94.4 Å². The van der Waals surface area contributed by atoms with Crippen molar-refractivity contribution in [3.05, 3.63) is 18.6 Å². The molecular formula is C20H26N6O3S. The van der Waals surface area contributed by atoms with Crippen LogP contribution in [0.1, 0.15) is 25.7 Å². The summed E-state index contributed by atoms with van der Waals surface area (Å²) >= 11 is 1.41. The number of fused-ring (bicyclic) bond motifs is 1. The monoisotopic (exact) mass is 430 g/mol. The third-order valence-electron chi connectivity index (χ3n) is 5.07. The van der Waals surface area contributed by atoms with Crippen molar-refractivity contribution in [3.63, 3.8) is 0 Å². The summed E-state index contributed by atoms with van der Waals surface area (Å²) in [6.07, 6.45) is 9.79. The lowest BCUT2D eigenvalue weighted by molar-refractivity contribution is 0.103. The van der Waals surface area contributed by atoms with Crippen molar-refractivity contribution >= 4 is 32.7 Å². The summed E-state index contributed by atoms with van der Waals surface area (Å²) in [6, 6.07) is -0.159.